The zero-order valence-corrected chi connectivity index (χ0v) is 9.45. The highest BCUT2D eigenvalue weighted by Gasteiger charge is 2.05. The van der Waals surface area contributed by atoms with Gasteiger partial charge in [-0.05, 0) is 36.3 Å². The summed E-state index contributed by atoms with van der Waals surface area (Å²) < 4.78 is 0. The van der Waals surface area contributed by atoms with E-state index in [0.29, 0.717) is 0 Å². The maximum absolute atomic E-state index is 4.40. The molecule has 0 saturated heterocycles. The van der Waals surface area contributed by atoms with E-state index in [-0.39, 0.29) is 0 Å². The van der Waals surface area contributed by atoms with Crippen LogP contribution in [0, 0.1) is 0 Å². The summed E-state index contributed by atoms with van der Waals surface area (Å²) in [5.74, 6) is 1.11. The van der Waals surface area contributed by atoms with Crippen molar-refractivity contribution >= 4 is 11.8 Å². The molecule has 0 unspecified atom stereocenters. The average molecular weight is 195 g/mol. The number of hydrogen-bond acceptors (Lipinski definition) is 2. The van der Waals surface area contributed by atoms with Crippen LogP contribution in [0.2, 0.25) is 0 Å². The van der Waals surface area contributed by atoms with Gasteiger partial charge in [0.2, 0.25) is 0 Å². The van der Waals surface area contributed by atoms with Gasteiger partial charge in [0.1, 0.15) is 0 Å². The minimum absolute atomic E-state index is 1.05. The molecule has 0 bridgehead atoms. The molecule has 2 heteroatoms. The number of thioether (sulfide) groups is 1. The van der Waals surface area contributed by atoms with Crippen molar-refractivity contribution in [2.24, 2.45) is 0 Å². The summed E-state index contributed by atoms with van der Waals surface area (Å²) in [6.45, 7) is 4.38. The molecular weight excluding hydrogens is 178 g/mol. The van der Waals surface area contributed by atoms with Crippen molar-refractivity contribution < 1.29 is 0 Å². The van der Waals surface area contributed by atoms with Gasteiger partial charge in [0.15, 0.2) is 0 Å². The van der Waals surface area contributed by atoms with Crippen LogP contribution in [0.15, 0.2) is 12.3 Å². The topological polar surface area (TPSA) is 12.9 Å². The molecule has 0 amide bonds. The number of hydrogen-bond donors (Lipinski definition) is 0. The largest absolute Gasteiger partial charge is 0.261 e. The second-order valence-electron chi connectivity index (χ2n) is 3.04. The summed E-state index contributed by atoms with van der Waals surface area (Å²) in [5, 5.41) is 0. The Morgan fingerprint density at radius 1 is 1.31 bits per heavy atom. The number of pyridine rings is 1. The highest BCUT2D eigenvalue weighted by molar-refractivity contribution is 7.97. The number of rotatable bonds is 4. The Labute approximate surface area is 85.0 Å². The highest BCUT2D eigenvalue weighted by Crippen LogP contribution is 2.18. The van der Waals surface area contributed by atoms with Crippen molar-refractivity contribution in [2.75, 3.05) is 6.26 Å². The minimum Gasteiger partial charge on any atom is -0.261 e. The van der Waals surface area contributed by atoms with Gasteiger partial charge in [0.05, 0.1) is 0 Å². The van der Waals surface area contributed by atoms with E-state index >= 15 is 0 Å². The maximum Gasteiger partial charge on any atom is 0.0435 e. The van der Waals surface area contributed by atoms with Crippen molar-refractivity contribution in [3.8, 4) is 0 Å². The third-order valence-electron chi connectivity index (χ3n) is 2.23. The van der Waals surface area contributed by atoms with Gasteiger partial charge in [-0.3, -0.25) is 4.98 Å². The summed E-state index contributed by atoms with van der Waals surface area (Å²) in [5.41, 5.74) is 4.19. The third kappa shape index (κ3) is 2.47. The monoisotopic (exact) mass is 195 g/mol. The van der Waals surface area contributed by atoms with Gasteiger partial charge in [-0.25, -0.2) is 0 Å². The van der Waals surface area contributed by atoms with E-state index in [9.17, 15) is 0 Å². The standard InChI is InChI=1S/C11H17NS/c1-4-10-9(8-13-3)6-7-12-11(10)5-2/h6-7H,4-5,8H2,1-3H3. The van der Waals surface area contributed by atoms with Crippen LogP contribution in [0.5, 0.6) is 0 Å². The van der Waals surface area contributed by atoms with Gasteiger partial charge in [-0.2, -0.15) is 11.8 Å². The first-order valence-electron chi connectivity index (χ1n) is 4.78. The molecule has 0 N–H and O–H groups in total. The first kappa shape index (κ1) is 10.6. The summed E-state index contributed by atoms with van der Waals surface area (Å²) in [4.78, 5) is 4.40. The summed E-state index contributed by atoms with van der Waals surface area (Å²) in [7, 11) is 0. The van der Waals surface area contributed by atoms with Crippen LogP contribution in [-0.2, 0) is 18.6 Å². The van der Waals surface area contributed by atoms with Gasteiger partial charge >= 0.3 is 0 Å². The predicted molar refractivity (Wildman–Crippen MR) is 60.2 cm³/mol. The zero-order valence-electron chi connectivity index (χ0n) is 8.63. The molecule has 1 heterocycles. The molecule has 1 aromatic rings. The van der Waals surface area contributed by atoms with Crippen molar-refractivity contribution in [2.45, 2.75) is 32.4 Å². The van der Waals surface area contributed by atoms with E-state index in [2.05, 4.69) is 31.2 Å². The SMILES string of the molecule is CCc1nccc(CSC)c1CC. The molecule has 1 aromatic heterocycles. The van der Waals surface area contributed by atoms with E-state index in [1.165, 1.54) is 16.8 Å². The van der Waals surface area contributed by atoms with Crippen LogP contribution < -0.4 is 0 Å². The molecule has 0 aromatic carbocycles. The van der Waals surface area contributed by atoms with Crippen LogP contribution in [-0.4, -0.2) is 11.2 Å². The Morgan fingerprint density at radius 3 is 2.62 bits per heavy atom. The predicted octanol–water partition coefficient (Wildman–Crippen LogP) is 3.07. The summed E-state index contributed by atoms with van der Waals surface area (Å²) in [6, 6.07) is 2.15. The Kier molecular flexibility index (Phi) is 4.29. The van der Waals surface area contributed by atoms with Gasteiger partial charge in [0, 0.05) is 17.6 Å². The molecule has 0 aliphatic carbocycles. The molecule has 0 fully saturated rings. The van der Waals surface area contributed by atoms with Crippen molar-refractivity contribution in [1.82, 2.24) is 4.98 Å². The quantitative estimate of drug-likeness (QED) is 0.732. The van der Waals surface area contributed by atoms with Crippen LogP contribution in [0.3, 0.4) is 0 Å². The van der Waals surface area contributed by atoms with Gasteiger partial charge < -0.3 is 0 Å². The molecule has 0 aliphatic rings. The van der Waals surface area contributed by atoms with Gasteiger partial charge in [-0.1, -0.05) is 13.8 Å². The van der Waals surface area contributed by atoms with Gasteiger partial charge in [0.25, 0.3) is 0 Å². The van der Waals surface area contributed by atoms with Crippen LogP contribution >= 0.6 is 11.8 Å². The second-order valence-corrected chi connectivity index (χ2v) is 3.90. The molecule has 1 rings (SSSR count). The van der Waals surface area contributed by atoms with E-state index < -0.39 is 0 Å². The molecule has 0 saturated carbocycles. The fourth-order valence-electron chi connectivity index (χ4n) is 1.61. The van der Waals surface area contributed by atoms with Crippen LogP contribution in [0.1, 0.15) is 30.7 Å². The zero-order chi connectivity index (χ0) is 9.68. The molecule has 0 atom stereocenters. The average Bonchev–Trinajstić information content (AvgIpc) is 2.18. The van der Waals surface area contributed by atoms with Crippen molar-refractivity contribution in [1.29, 1.82) is 0 Å². The Bertz CT molecular complexity index is 271. The molecule has 72 valence electrons. The lowest BCUT2D eigenvalue weighted by Crippen LogP contribution is -1.99. The number of nitrogens with zero attached hydrogens (tertiary/aromatic N) is 1. The highest BCUT2D eigenvalue weighted by atomic mass is 32.2. The lowest BCUT2D eigenvalue weighted by atomic mass is 10.0. The maximum atomic E-state index is 4.40. The Hall–Kier alpha value is -0.500. The van der Waals surface area contributed by atoms with E-state index in [0.717, 1.165) is 18.6 Å². The fraction of sp³-hybridized carbons (Fsp3) is 0.545. The lowest BCUT2D eigenvalue weighted by Gasteiger charge is -2.09. The lowest BCUT2D eigenvalue weighted by molar-refractivity contribution is 0.946. The van der Waals surface area contributed by atoms with Crippen LogP contribution in [0.25, 0.3) is 0 Å². The summed E-state index contributed by atoms with van der Waals surface area (Å²) >= 11 is 1.88. The molecular formula is C11H17NS. The Balaban J connectivity index is 3.03. The second kappa shape index (κ2) is 5.28. The van der Waals surface area contributed by atoms with E-state index in [1.54, 1.807) is 0 Å². The smallest absolute Gasteiger partial charge is 0.0435 e. The first-order chi connectivity index (χ1) is 6.33. The van der Waals surface area contributed by atoms with Crippen LogP contribution in [0.4, 0.5) is 0 Å². The Morgan fingerprint density at radius 2 is 2.08 bits per heavy atom. The van der Waals surface area contributed by atoms with Gasteiger partial charge in [-0.15, -0.1) is 0 Å². The first-order valence-corrected chi connectivity index (χ1v) is 6.17. The minimum atomic E-state index is 1.05. The molecule has 0 radical (unpaired) electrons. The van der Waals surface area contributed by atoms with Crippen molar-refractivity contribution in [3.63, 3.8) is 0 Å². The molecule has 0 aliphatic heterocycles. The molecule has 13 heavy (non-hydrogen) atoms. The fourth-order valence-corrected chi connectivity index (χ4v) is 2.19. The summed E-state index contributed by atoms with van der Waals surface area (Å²) in [6.07, 6.45) is 6.23. The van der Waals surface area contributed by atoms with Crippen molar-refractivity contribution in [3.05, 3.63) is 29.1 Å². The third-order valence-corrected chi connectivity index (χ3v) is 2.83. The molecule has 0 spiro atoms. The molecule has 1 nitrogen and oxygen atoms in total. The van der Waals surface area contributed by atoms with E-state index in [1.807, 2.05) is 18.0 Å². The number of aryl methyl sites for hydroxylation is 1. The normalized spacial score (nSPS) is 10.4. The number of aromatic nitrogens is 1. The van der Waals surface area contributed by atoms with E-state index in [4.69, 9.17) is 0 Å².